The van der Waals surface area contributed by atoms with Crippen molar-refractivity contribution in [1.29, 1.82) is 0 Å². The number of anilines is 2. The van der Waals surface area contributed by atoms with Crippen LogP contribution in [-0.4, -0.2) is 59.7 Å². The molecule has 15 heteroatoms. The first-order valence-electron chi connectivity index (χ1n) is 15.1. The number of carbonyl (C=O) groups excluding carboxylic acids is 5. The predicted molar refractivity (Wildman–Crippen MR) is 183 cm³/mol. The average Bonchev–Trinajstić information content (AvgIpc) is 3.58. The molecule has 3 atom stereocenters. The summed E-state index contributed by atoms with van der Waals surface area (Å²) in [5, 5.41) is 2.58. The average molecular weight is 722 g/mol. The van der Waals surface area contributed by atoms with Gasteiger partial charge >= 0.3 is 16.8 Å². The van der Waals surface area contributed by atoms with Crippen LogP contribution in [0.15, 0.2) is 76.6 Å². The topological polar surface area (TPSA) is 161 Å². The quantitative estimate of drug-likeness (QED) is 0.163. The lowest BCUT2D eigenvalue weighted by molar-refractivity contribution is -0.122. The van der Waals surface area contributed by atoms with E-state index in [4.69, 9.17) is 25.8 Å². The number of benzene rings is 3. The van der Waals surface area contributed by atoms with Gasteiger partial charge in [-0.1, -0.05) is 34.7 Å². The molecule has 2 N–H and O–H groups in total. The molecule has 6 rings (SSSR count). The smallest absolute Gasteiger partial charge is 0.338 e. The molecule has 1 aromatic heterocycles. The van der Waals surface area contributed by atoms with Crippen LogP contribution in [0.1, 0.15) is 50.9 Å². The minimum absolute atomic E-state index is 0.199. The summed E-state index contributed by atoms with van der Waals surface area (Å²) < 4.78 is 16.0. The Labute approximate surface area is 292 Å². The van der Waals surface area contributed by atoms with Crippen LogP contribution in [0.25, 0.3) is 0 Å². The molecule has 0 radical (unpaired) electrons. The van der Waals surface area contributed by atoms with E-state index < -0.39 is 53.4 Å². The van der Waals surface area contributed by atoms with Crippen LogP contribution in [0.5, 0.6) is 5.75 Å². The molecule has 0 saturated carbocycles. The number of thiazole rings is 1. The van der Waals surface area contributed by atoms with E-state index in [1.54, 1.807) is 44.2 Å². The number of fused-ring (bicyclic) bond motifs is 2. The molecule has 0 bridgehead atoms. The van der Waals surface area contributed by atoms with Gasteiger partial charge in [-0.2, -0.15) is 0 Å². The minimum atomic E-state index is -0.950. The third kappa shape index (κ3) is 6.84. The Morgan fingerprint density at radius 1 is 0.878 bits per heavy atom. The summed E-state index contributed by atoms with van der Waals surface area (Å²) in [5.74, 6) is -4.03. The first kappa shape index (κ1) is 34.0. The Morgan fingerprint density at radius 3 is 2.14 bits per heavy atom. The summed E-state index contributed by atoms with van der Waals surface area (Å²) in [7, 11) is 0. The maximum Gasteiger partial charge on any atom is 0.338 e. The number of rotatable bonds is 10. The van der Waals surface area contributed by atoms with Crippen LogP contribution < -0.4 is 19.8 Å². The van der Waals surface area contributed by atoms with Gasteiger partial charge in [0.2, 0.25) is 11.8 Å². The van der Waals surface area contributed by atoms with Crippen molar-refractivity contribution in [3.8, 4) is 5.75 Å². The number of hydrogen-bond donors (Lipinski definition) is 2. The van der Waals surface area contributed by atoms with Gasteiger partial charge in [0, 0.05) is 27.1 Å². The number of nitrogens with one attached hydrogen (secondary N) is 2. The molecule has 3 heterocycles. The molecule has 2 aliphatic rings. The molecule has 2 aliphatic heterocycles. The highest BCUT2D eigenvalue weighted by molar-refractivity contribution is 8.00. The molecule has 0 aliphatic carbocycles. The Kier molecular flexibility index (Phi) is 9.90. The van der Waals surface area contributed by atoms with Crippen molar-refractivity contribution in [2.75, 3.05) is 30.0 Å². The number of thioether (sulfide) groups is 1. The summed E-state index contributed by atoms with van der Waals surface area (Å²) in [5.41, 5.74) is 1.74. The molecule has 2 unspecified atom stereocenters. The van der Waals surface area contributed by atoms with E-state index in [0.29, 0.717) is 31.7 Å². The number of amides is 3. The zero-order valence-corrected chi connectivity index (χ0v) is 28.4. The number of esters is 2. The van der Waals surface area contributed by atoms with Crippen molar-refractivity contribution in [1.82, 2.24) is 4.98 Å². The largest absolute Gasteiger partial charge is 0.483 e. The fourth-order valence-corrected chi connectivity index (χ4v) is 8.39. The van der Waals surface area contributed by atoms with E-state index >= 15 is 0 Å². The van der Waals surface area contributed by atoms with Crippen molar-refractivity contribution in [2.45, 2.75) is 30.0 Å². The molecular weight excluding hydrogens is 694 g/mol. The monoisotopic (exact) mass is 721 g/mol. The Bertz CT molecular complexity index is 2010. The third-order valence-corrected chi connectivity index (χ3v) is 10.4. The van der Waals surface area contributed by atoms with E-state index in [-0.39, 0.29) is 35.1 Å². The number of aromatic amines is 1. The maximum atomic E-state index is 14.2. The van der Waals surface area contributed by atoms with Crippen LogP contribution >= 0.6 is 34.7 Å². The van der Waals surface area contributed by atoms with Gasteiger partial charge in [0.15, 0.2) is 6.61 Å². The second-order valence-corrected chi connectivity index (χ2v) is 13.4. The fourth-order valence-electron chi connectivity index (χ4n) is 5.71. The second kappa shape index (κ2) is 14.3. The Balaban J connectivity index is 1.27. The fraction of sp³-hybridized carbons (Fsp3) is 0.235. The molecule has 3 aromatic carbocycles. The van der Waals surface area contributed by atoms with E-state index in [1.165, 1.54) is 36.4 Å². The molecular formula is C34H28ClN3O9S2. The van der Waals surface area contributed by atoms with Gasteiger partial charge in [0.25, 0.3) is 5.91 Å². The van der Waals surface area contributed by atoms with Crippen LogP contribution in [-0.2, 0) is 23.9 Å². The molecule has 1 fully saturated rings. The van der Waals surface area contributed by atoms with Crippen molar-refractivity contribution in [3.63, 3.8) is 0 Å². The number of halogens is 1. The van der Waals surface area contributed by atoms with Crippen LogP contribution in [0.4, 0.5) is 11.4 Å². The number of H-pyrrole nitrogens is 1. The Morgan fingerprint density at radius 2 is 1.51 bits per heavy atom. The molecule has 1 saturated heterocycles. The number of imide groups is 1. The lowest BCUT2D eigenvalue weighted by Crippen LogP contribution is -2.32. The number of aromatic nitrogens is 1. The predicted octanol–water partition coefficient (Wildman–Crippen LogP) is 5.26. The standard InChI is InChI=1S/C34H28ClN3O9S2/c1-3-45-32(42)17-5-10-20(11-6-17)36-24(39)16-47-23-14-9-19(35)15-22(23)25-26-28(48-29-27(25)49-34(44)37-29)31(41)38(30(26)40)21-12-7-18(8-13-21)33(43)46-4-2/h5-15,25-26,28H,3-4,16H2,1-2H3,(H,36,39)(H,37,44)/t25-,26?,28?/m1/s1. The first-order valence-corrected chi connectivity index (χ1v) is 17.2. The van der Waals surface area contributed by atoms with Gasteiger partial charge in [-0.15, -0.1) is 0 Å². The van der Waals surface area contributed by atoms with Gasteiger partial charge in [0.1, 0.15) is 11.0 Å². The van der Waals surface area contributed by atoms with E-state index in [0.717, 1.165) is 28.0 Å². The van der Waals surface area contributed by atoms with Crippen molar-refractivity contribution in [3.05, 3.63) is 103 Å². The molecule has 3 amide bonds. The lowest BCUT2D eigenvalue weighted by atomic mass is 9.82. The Hall–Kier alpha value is -4.92. The lowest BCUT2D eigenvalue weighted by Gasteiger charge is -2.31. The van der Waals surface area contributed by atoms with Crippen LogP contribution in [0.2, 0.25) is 5.02 Å². The van der Waals surface area contributed by atoms with E-state index in [9.17, 15) is 28.8 Å². The number of nitrogens with zero attached hydrogens (tertiary/aromatic N) is 1. The van der Waals surface area contributed by atoms with Gasteiger partial charge < -0.3 is 24.5 Å². The van der Waals surface area contributed by atoms with Crippen molar-refractivity contribution < 1.29 is 38.2 Å². The molecule has 12 nitrogen and oxygen atoms in total. The van der Waals surface area contributed by atoms with Crippen molar-refractivity contribution >= 4 is 75.7 Å². The number of carbonyl (C=O) groups is 5. The highest BCUT2D eigenvalue weighted by atomic mass is 35.5. The van der Waals surface area contributed by atoms with Gasteiger partial charge in [-0.25, -0.2) is 14.5 Å². The normalized spacial score (nSPS) is 18.0. The molecule has 252 valence electrons. The summed E-state index contributed by atoms with van der Waals surface area (Å²) in [6.45, 7) is 3.41. The van der Waals surface area contributed by atoms with E-state index in [2.05, 4.69) is 10.3 Å². The van der Waals surface area contributed by atoms with Crippen LogP contribution in [0.3, 0.4) is 0 Å². The van der Waals surface area contributed by atoms with E-state index in [1.807, 2.05) is 0 Å². The summed E-state index contributed by atoms with van der Waals surface area (Å²) in [6.07, 6.45) is 0. The first-order chi connectivity index (χ1) is 23.6. The number of ether oxygens (including phenoxy) is 3. The molecule has 0 spiro atoms. The number of hydrogen-bond acceptors (Lipinski definition) is 11. The maximum absolute atomic E-state index is 14.2. The minimum Gasteiger partial charge on any atom is -0.483 e. The molecule has 49 heavy (non-hydrogen) atoms. The van der Waals surface area contributed by atoms with Gasteiger partial charge in [-0.05, 0) is 80.6 Å². The third-order valence-electron chi connectivity index (χ3n) is 7.81. The zero-order valence-electron chi connectivity index (χ0n) is 26.0. The SMILES string of the molecule is CCOC(=O)c1ccc(NC(=O)COc2ccc(Cl)cc2[C@H]2c3sc(=O)[nH]c3SC3C(=O)N(c4ccc(C(=O)OCC)cc4)C(=O)C32)cc1. The molecule has 4 aromatic rings. The zero-order chi connectivity index (χ0) is 34.8. The summed E-state index contributed by atoms with van der Waals surface area (Å²) in [6, 6.07) is 16.9. The summed E-state index contributed by atoms with van der Waals surface area (Å²) in [4.78, 5) is 81.7. The van der Waals surface area contributed by atoms with Crippen molar-refractivity contribution in [2.24, 2.45) is 5.92 Å². The van der Waals surface area contributed by atoms with Gasteiger partial charge in [-0.3, -0.25) is 19.2 Å². The second-order valence-electron chi connectivity index (χ2n) is 10.8. The highest BCUT2D eigenvalue weighted by Gasteiger charge is 2.57. The van der Waals surface area contributed by atoms with Gasteiger partial charge in [0.05, 0.1) is 41.0 Å². The van der Waals surface area contributed by atoms with Crippen LogP contribution in [0, 0.1) is 5.92 Å². The summed E-state index contributed by atoms with van der Waals surface area (Å²) >= 11 is 8.48. The highest BCUT2D eigenvalue weighted by Crippen LogP contribution is 2.54.